The summed E-state index contributed by atoms with van der Waals surface area (Å²) in [7, 11) is 0. The van der Waals surface area contributed by atoms with Crippen molar-refractivity contribution in [2.45, 2.75) is 0 Å². The Morgan fingerprint density at radius 2 is 1.25 bits per heavy atom. The van der Waals surface area contributed by atoms with Crippen molar-refractivity contribution < 1.29 is 21.7 Å². The molecule has 48 valence electrons. The predicted octanol–water partition coefficient (Wildman–Crippen LogP) is -1.91. The molecule has 0 aliphatic rings. The fraction of sp³-hybridized carbons (Fsp3) is 0. The van der Waals surface area contributed by atoms with Gasteiger partial charge in [0.1, 0.15) is 0 Å². The number of rotatable bonds is 0. The molecule has 0 saturated carbocycles. The molecule has 0 aromatic heterocycles. The average Bonchev–Trinajstić information content (AvgIpc) is 1.33. The summed E-state index contributed by atoms with van der Waals surface area (Å²) >= 11 is -3.36. The van der Waals surface area contributed by atoms with Gasteiger partial charge in [-0.15, -0.1) is 0 Å². The summed E-state index contributed by atoms with van der Waals surface area (Å²) in [5.74, 6) is 0. The first kappa shape index (κ1) is 16.1. The summed E-state index contributed by atoms with van der Waals surface area (Å²) in [6, 6.07) is 0. The molecule has 0 aromatic carbocycles. The second-order valence-electron chi connectivity index (χ2n) is 0.299. The summed E-state index contributed by atoms with van der Waals surface area (Å²) in [4.78, 5) is 0. The van der Waals surface area contributed by atoms with Crippen LogP contribution in [0, 0.1) is 0 Å². The van der Waals surface area contributed by atoms with Gasteiger partial charge in [0, 0.05) is 0 Å². The van der Waals surface area contributed by atoms with E-state index in [4.69, 9.17) is 21.7 Å². The van der Waals surface area contributed by atoms with Gasteiger partial charge in [0.2, 0.25) is 0 Å². The Labute approximate surface area is 81.6 Å². The molecule has 0 atom stereocenters. The van der Waals surface area contributed by atoms with Crippen molar-refractivity contribution in [2.75, 3.05) is 0 Å². The second kappa shape index (κ2) is 15.7. The van der Waals surface area contributed by atoms with Gasteiger partial charge in [-0.25, -0.2) is 0 Å². The van der Waals surface area contributed by atoms with Crippen LogP contribution in [0.1, 0.15) is 0 Å². The molecule has 2 N–H and O–H groups in total. The summed E-state index contributed by atoms with van der Waals surface area (Å²) in [5, 5.41) is 0. The Kier molecular flexibility index (Phi) is 31.6. The molecule has 0 amide bonds. The van der Waals surface area contributed by atoms with Gasteiger partial charge < -0.3 is 0 Å². The zero-order chi connectivity index (χ0) is 6.28. The standard InChI is InChI=1S/Ca.H2O3S.O2S.2H/c;1-4(2)3;1-3-2;;/h;(H2,1,2,3);;;. The molecular weight excluding hydrogens is 184 g/mol. The predicted molar refractivity (Wildman–Crippen MR) is 30.9 cm³/mol. The van der Waals surface area contributed by atoms with Gasteiger partial charge in [-0.1, -0.05) is 0 Å². The van der Waals surface area contributed by atoms with Gasteiger partial charge in [-0.05, 0) is 0 Å². The molecule has 0 rings (SSSR count). The molecule has 0 spiro atoms. The van der Waals surface area contributed by atoms with Crippen LogP contribution in [0.5, 0.6) is 0 Å². The Bertz CT molecular complexity index is 78.4. The van der Waals surface area contributed by atoms with Crippen LogP contribution >= 0.6 is 0 Å². The first-order valence-corrected chi connectivity index (χ1v) is 2.60. The van der Waals surface area contributed by atoms with E-state index in [-0.39, 0.29) is 37.7 Å². The fourth-order valence-electron chi connectivity index (χ4n) is 0. The SMILES string of the molecule is O=S(O)O.O=S=O.[CaH2]. The average molecular weight is 188 g/mol. The van der Waals surface area contributed by atoms with Crippen LogP contribution in [-0.2, 0) is 22.9 Å². The monoisotopic (exact) mass is 188 g/mol. The van der Waals surface area contributed by atoms with Gasteiger partial charge in [0.15, 0.2) is 0 Å². The third-order valence-electron chi connectivity index (χ3n) is 0. The third-order valence-corrected chi connectivity index (χ3v) is 0. The van der Waals surface area contributed by atoms with Crippen LogP contribution in [0.2, 0.25) is 0 Å². The summed E-state index contributed by atoms with van der Waals surface area (Å²) < 4.78 is 39.4. The van der Waals surface area contributed by atoms with Gasteiger partial charge in [0.25, 0.3) is 11.4 Å². The number of hydrogen-bond donors (Lipinski definition) is 2. The molecule has 5 nitrogen and oxygen atoms in total. The van der Waals surface area contributed by atoms with Crippen molar-refractivity contribution in [2.24, 2.45) is 0 Å². The van der Waals surface area contributed by atoms with Gasteiger partial charge >= 0.3 is 49.3 Å². The molecule has 0 fully saturated rings. The summed E-state index contributed by atoms with van der Waals surface area (Å²) in [5.41, 5.74) is 0. The van der Waals surface area contributed by atoms with Crippen molar-refractivity contribution in [1.29, 1.82) is 0 Å². The maximum absolute atomic E-state index is 8.67. The number of hydrogen-bond acceptors (Lipinski definition) is 3. The van der Waals surface area contributed by atoms with Gasteiger partial charge in [-0.3, -0.25) is 9.11 Å². The van der Waals surface area contributed by atoms with Crippen molar-refractivity contribution in [3.8, 4) is 0 Å². The topological polar surface area (TPSA) is 91.7 Å². The Morgan fingerprint density at radius 3 is 1.25 bits per heavy atom. The molecule has 0 saturated heterocycles. The molecule has 0 aliphatic carbocycles. The van der Waals surface area contributed by atoms with Crippen LogP contribution < -0.4 is 0 Å². The van der Waals surface area contributed by atoms with Crippen LogP contribution in [0.25, 0.3) is 0 Å². The minimum absolute atomic E-state index is 0. The van der Waals surface area contributed by atoms with E-state index in [2.05, 4.69) is 0 Å². The zero-order valence-electron chi connectivity index (χ0n) is 2.94. The normalized spacial score (nSPS) is 5.88. The van der Waals surface area contributed by atoms with Crippen molar-refractivity contribution in [1.82, 2.24) is 0 Å². The minimum atomic E-state index is -2.61. The Hall–Kier alpha value is 1.15. The van der Waals surface area contributed by atoms with Crippen molar-refractivity contribution >= 4 is 60.7 Å². The molecule has 0 aliphatic heterocycles. The molecule has 0 aromatic rings. The molecular formula is H4CaO5S2. The van der Waals surface area contributed by atoms with E-state index < -0.39 is 22.9 Å². The van der Waals surface area contributed by atoms with E-state index in [0.717, 1.165) is 0 Å². The summed E-state index contributed by atoms with van der Waals surface area (Å²) in [6.45, 7) is 0. The first-order chi connectivity index (χ1) is 3.15. The van der Waals surface area contributed by atoms with Crippen LogP contribution in [0.3, 0.4) is 0 Å². The van der Waals surface area contributed by atoms with E-state index in [1.807, 2.05) is 0 Å². The Morgan fingerprint density at radius 1 is 1.25 bits per heavy atom. The maximum atomic E-state index is 8.67. The van der Waals surface area contributed by atoms with E-state index >= 15 is 0 Å². The fourth-order valence-corrected chi connectivity index (χ4v) is 0. The van der Waals surface area contributed by atoms with E-state index in [0.29, 0.717) is 0 Å². The zero-order valence-corrected chi connectivity index (χ0v) is 4.57. The molecule has 8 heteroatoms. The molecule has 0 heterocycles. The van der Waals surface area contributed by atoms with E-state index in [9.17, 15) is 0 Å². The van der Waals surface area contributed by atoms with Crippen LogP contribution in [0.4, 0.5) is 0 Å². The molecule has 0 radical (unpaired) electrons. The van der Waals surface area contributed by atoms with Crippen molar-refractivity contribution in [3.05, 3.63) is 0 Å². The van der Waals surface area contributed by atoms with E-state index in [1.54, 1.807) is 0 Å². The van der Waals surface area contributed by atoms with E-state index in [1.165, 1.54) is 0 Å². The molecule has 8 heavy (non-hydrogen) atoms. The van der Waals surface area contributed by atoms with Crippen LogP contribution in [-0.4, -0.2) is 59.5 Å². The molecule has 0 unspecified atom stereocenters. The third kappa shape index (κ3) is 205. The Balaban J connectivity index is -0.0000000575. The van der Waals surface area contributed by atoms with Crippen LogP contribution in [0.15, 0.2) is 0 Å². The quantitative estimate of drug-likeness (QED) is 0.342. The molecule has 0 bridgehead atoms. The second-order valence-corrected chi connectivity index (χ2v) is 0.896. The van der Waals surface area contributed by atoms with Gasteiger partial charge in [0.05, 0.1) is 0 Å². The summed E-state index contributed by atoms with van der Waals surface area (Å²) in [6.07, 6.45) is 0. The van der Waals surface area contributed by atoms with Gasteiger partial charge in [-0.2, -0.15) is 12.6 Å². The van der Waals surface area contributed by atoms with Crippen molar-refractivity contribution in [3.63, 3.8) is 0 Å². The first-order valence-electron chi connectivity index (χ1n) is 0.865.